The molecule has 3 rings (SSSR count). The number of guanidine groups is 1. The van der Waals surface area contributed by atoms with Crippen LogP contribution in [0.25, 0.3) is 10.8 Å². The number of rotatable bonds is 5. The molecule has 0 spiro atoms. The second-order valence-corrected chi connectivity index (χ2v) is 5.66. The molecule has 0 amide bonds. The van der Waals surface area contributed by atoms with E-state index in [1.54, 1.807) is 0 Å². The Kier molecular flexibility index (Phi) is 4.95. The molecule has 0 aliphatic carbocycles. The molecule has 0 fully saturated rings. The summed E-state index contributed by atoms with van der Waals surface area (Å²) in [6.45, 7) is 2.36. The van der Waals surface area contributed by atoms with Crippen LogP contribution in [0, 0.1) is 0 Å². The Morgan fingerprint density at radius 1 is 0.880 bits per heavy atom. The molecule has 3 aromatic rings. The third-order valence-electron chi connectivity index (χ3n) is 3.86. The quantitative estimate of drug-likeness (QED) is 0.426. The van der Waals surface area contributed by atoms with E-state index in [0.717, 1.165) is 22.6 Å². The van der Waals surface area contributed by atoms with Crippen molar-refractivity contribution in [2.24, 2.45) is 21.7 Å². The fourth-order valence-corrected chi connectivity index (χ4v) is 2.56. The lowest BCUT2D eigenvalue weighted by atomic mass is 10.1. The van der Waals surface area contributed by atoms with Gasteiger partial charge in [-0.15, -0.1) is 5.10 Å². The summed E-state index contributed by atoms with van der Waals surface area (Å²) in [4.78, 5) is 0. The standard InChI is InChI=1S/C20H20N4O/c1-14(23-24-20(21)22)15-9-11-18(12-10-15)25-13-17-7-4-6-16-5-2-3-8-19(16)17/h2-12H,13H2,1H3,(H4,21,22,24)/b23-14-. The molecule has 126 valence electrons. The third-order valence-corrected chi connectivity index (χ3v) is 3.86. The number of hydrogen-bond acceptors (Lipinski definition) is 3. The highest BCUT2D eigenvalue weighted by atomic mass is 16.5. The van der Waals surface area contributed by atoms with Gasteiger partial charge in [0, 0.05) is 0 Å². The Morgan fingerprint density at radius 2 is 1.60 bits per heavy atom. The van der Waals surface area contributed by atoms with Gasteiger partial charge in [0.25, 0.3) is 0 Å². The van der Waals surface area contributed by atoms with Gasteiger partial charge in [-0.3, -0.25) is 0 Å². The van der Waals surface area contributed by atoms with Crippen molar-refractivity contribution in [2.45, 2.75) is 13.5 Å². The predicted molar refractivity (Wildman–Crippen MR) is 103 cm³/mol. The Hall–Kier alpha value is -3.34. The van der Waals surface area contributed by atoms with Crippen LogP contribution in [0.5, 0.6) is 5.75 Å². The Labute approximate surface area is 146 Å². The predicted octanol–water partition coefficient (Wildman–Crippen LogP) is 3.42. The molecule has 0 saturated carbocycles. The maximum atomic E-state index is 5.93. The first-order chi connectivity index (χ1) is 12.1. The lowest BCUT2D eigenvalue weighted by molar-refractivity contribution is 0.307. The number of benzene rings is 3. The molecule has 0 saturated heterocycles. The lowest BCUT2D eigenvalue weighted by Gasteiger charge is -2.09. The van der Waals surface area contributed by atoms with Crippen molar-refractivity contribution >= 4 is 22.4 Å². The van der Waals surface area contributed by atoms with Crippen LogP contribution < -0.4 is 16.2 Å². The van der Waals surface area contributed by atoms with Gasteiger partial charge >= 0.3 is 0 Å². The third kappa shape index (κ3) is 4.14. The van der Waals surface area contributed by atoms with E-state index in [9.17, 15) is 0 Å². The van der Waals surface area contributed by atoms with Gasteiger partial charge in [0.05, 0.1) is 5.71 Å². The highest BCUT2D eigenvalue weighted by Gasteiger charge is 2.03. The van der Waals surface area contributed by atoms with Gasteiger partial charge in [-0.25, -0.2) is 0 Å². The maximum absolute atomic E-state index is 5.93. The highest BCUT2D eigenvalue weighted by molar-refractivity contribution is 5.99. The second-order valence-electron chi connectivity index (χ2n) is 5.66. The van der Waals surface area contributed by atoms with E-state index >= 15 is 0 Å². The fraction of sp³-hybridized carbons (Fsp3) is 0.100. The van der Waals surface area contributed by atoms with E-state index < -0.39 is 0 Å². The average Bonchev–Trinajstić information content (AvgIpc) is 2.64. The normalized spacial score (nSPS) is 11.3. The Bertz CT molecular complexity index is 921. The molecule has 0 bridgehead atoms. The van der Waals surface area contributed by atoms with Crippen molar-refractivity contribution < 1.29 is 4.74 Å². The van der Waals surface area contributed by atoms with Crippen LogP contribution in [-0.4, -0.2) is 11.7 Å². The van der Waals surface area contributed by atoms with E-state index in [0.29, 0.717) is 6.61 Å². The van der Waals surface area contributed by atoms with E-state index in [1.165, 1.54) is 10.8 Å². The Balaban J connectivity index is 1.72. The van der Waals surface area contributed by atoms with Crippen LogP contribution in [0.15, 0.2) is 76.9 Å². The van der Waals surface area contributed by atoms with Gasteiger partial charge < -0.3 is 16.2 Å². The minimum atomic E-state index is -0.0607. The molecule has 5 nitrogen and oxygen atoms in total. The van der Waals surface area contributed by atoms with E-state index in [2.05, 4.69) is 34.5 Å². The van der Waals surface area contributed by atoms with Crippen molar-refractivity contribution in [3.8, 4) is 5.75 Å². The van der Waals surface area contributed by atoms with Crippen molar-refractivity contribution in [3.63, 3.8) is 0 Å². The van der Waals surface area contributed by atoms with Crippen LogP contribution in [-0.2, 0) is 6.61 Å². The van der Waals surface area contributed by atoms with Crippen molar-refractivity contribution in [3.05, 3.63) is 77.9 Å². The van der Waals surface area contributed by atoms with Crippen LogP contribution in [0.3, 0.4) is 0 Å². The van der Waals surface area contributed by atoms with Crippen LogP contribution in [0.2, 0.25) is 0 Å². The van der Waals surface area contributed by atoms with Crippen molar-refractivity contribution in [2.75, 3.05) is 0 Å². The molecule has 0 radical (unpaired) electrons. The average molecular weight is 332 g/mol. The van der Waals surface area contributed by atoms with Crippen LogP contribution >= 0.6 is 0 Å². The molecule has 0 heterocycles. The fourth-order valence-electron chi connectivity index (χ4n) is 2.56. The first-order valence-electron chi connectivity index (χ1n) is 7.96. The maximum Gasteiger partial charge on any atom is 0.211 e. The molecule has 0 unspecified atom stereocenters. The summed E-state index contributed by atoms with van der Waals surface area (Å²) >= 11 is 0. The molecule has 0 aliphatic heterocycles. The molecule has 3 aromatic carbocycles. The van der Waals surface area contributed by atoms with Gasteiger partial charge in [0.15, 0.2) is 0 Å². The summed E-state index contributed by atoms with van der Waals surface area (Å²) in [7, 11) is 0. The van der Waals surface area contributed by atoms with Gasteiger partial charge in [-0.1, -0.05) is 42.5 Å². The monoisotopic (exact) mass is 332 g/mol. The number of fused-ring (bicyclic) bond motifs is 1. The number of nitrogens with zero attached hydrogens (tertiary/aromatic N) is 2. The molecule has 0 aliphatic rings. The smallest absolute Gasteiger partial charge is 0.211 e. The molecule has 0 atom stereocenters. The summed E-state index contributed by atoms with van der Waals surface area (Å²) in [6.07, 6.45) is 0. The van der Waals surface area contributed by atoms with Gasteiger partial charge in [-0.05, 0) is 53.1 Å². The van der Waals surface area contributed by atoms with E-state index in [-0.39, 0.29) is 5.96 Å². The summed E-state index contributed by atoms with van der Waals surface area (Å²) < 4.78 is 5.93. The topological polar surface area (TPSA) is 86.0 Å². The van der Waals surface area contributed by atoms with Crippen molar-refractivity contribution in [1.82, 2.24) is 0 Å². The zero-order valence-corrected chi connectivity index (χ0v) is 14.0. The minimum Gasteiger partial charge on any atom is -0.489 e. The number of hydrogen-bond donors (Lipinski definition) is 2. The molecule has 5 heteroatoms. The summed E-state index contributed by atoms with van der Waals surface area (Å²) in [5.74, 6) is 0.737. The van der Waals surface area contributed by atoms with E-state index in [1.807, 2.05) is 49.4 Å². The molecule has 4 N–H and O–H groups in total. The Morgan fingerprint density at radius 3 is 2.36 bits per heavy atom. The second kappa shape index (κ2) is 7.49. The summed E-state index contributed by atoms with van der Waals surface area (Å²) in [5.41, 5.74) is 13.4. The zero-order valence-electron chi connectivity index (χ0n) is 14.0. The molecule has 0 aromatic heterocycles. The van der Waals surface area contributed by atoms with Gasteiger partial charge in [0.1, 0.15) is 12.4 Å². The largest absolute Gasteiger partial charge is 0.489 e. The zero-order chi connectivity index (χ0) is 17.6. The molecule has 25 heavy (non-hydrogen) atoms. The minimum absolute atomic E-state index is 0.0607. The lowest BCUT2D eigenvalue weighted by Crippen LogP contribution is -2.22. The van der Waals surface area contributed by atoms with Crippen LogP contribution in [0.1, 0.15) is 18.1 Å². The van der Waals surface area contributed by atoms with Gasteiger partial charge in [0.2, 0.25) is 5.96 Å². The summed E-state index contributed by atoms with van der Waals surface area (Å²) in [6, 6.07) is 22.2. The highest BCUT2D eigenvalue weighted by Crippen LogP contribution is 2.21. The van der Waals surface area contributed by atoms with Crippen LogP contribution in [0.4, 0.5) is 0 Å². The first kappa shape index (κ1) is 16.5. The number of nitrogens with two attached hydrogens (primary N) is 2. The summed E-state index contributed by atoms with van der Waals surface area (Å²) in [5, 5.41) is 10.0. The molecular weight excluding hydrogens is 312 g/mol. The van der Waals surface area contributed by atoms with Gasteiger partial charge in [-0.2, -0.15) is 5.10 Å². The van der Waals surface area contributed by atoms with Crippen molar-refractivity contribution in [1.29, 1.82) is 0 Å². The van der Waals surface area contributed by atoms with E-state index in [4.69, 9.17) is 16.2 Å². The SMILES string of the molecule is C/C(=N/N=C(N)N)c1ccc(OCc2cccc3ccccc23)cc1. The number of ether oxygens (including phenoxy) is 1. The first-order valence-corrected chi connectivity index (χ1v) is 7.96. The molecular formula is C20H20N4O.